The molecular weight excluding hydrogens is 262 g/mol. The van der Waals surface area contributed by atoms with Crippen molar-refractivity contribution in [1.82, 2.24) is 0 Å². The highest BCUT2D eigenvalue weighted by atomic mass is 79.9. The minimum atomic E-state index is 0.224. The van der Waals surface area contributed by atoms with Crippen LogP contribution in [0.1, 0.15) is 13.3 Å². The highest BCUT2D eigenvalue weighted by Gasteiger charge is 2.06. The summed E-state index contributed by atoms with van der Waals surface area (Å²) in [6, 6.07) is 5.82. The Kier molecular flexibility index (Phi) is 4.78. The average molecular weight is 276 g/mol. The van der Waals surface area contributed by atoms with Crippen LogP contribution in [-0.2, 0) is 0 Å². The zero-order valence-corrected chi connectivity index (χ0v) is 10.4. The Morgan fingerprint density at radius 3 is 2.93 bits per heavy atom. The number of aliphatic hydroxyl groups excluding tert-OH is 1. The van der Waals surface area contributed by atoms with Crippen molar-refractivity contribution in [3.8, 4) is 0 Å². The van der Waals surface area contributed by atoms with Gasteiger partial charge < -0.3 is 10.8 Å². The van der Waals surface area contributed by atoms with E-state index in [4.69, 9.17) is 10.8 Å². The predicted octanol–water partition coefficient (Wildman–Crippen LogP) is 2.89. The van der Waals surface area contributed by atoms with Crippen LogP contribution in [0, 0.1) is 0 Å². The van der Waals surface area contributed by atoms with Gasteiger partial charge in [-0.15, -0.1) is 11.8 Å². The Balaban J connectivity index is 2.70. The van der Waals surface area contributed by atoms with Gasteiger partial charge in [-0.05, 0) is 24.6 Å². The first kappa shape index (κ1) is 11.9. The summed E-state index contributed by atoms with van der Waals surface area (Å²) >= 11 is 5.10. The summed E-state index contributed by atoms with van der Waals surface area (Å²) in [4.78, 5) is 1.07. The number of benzene rings is 1. The van der Waals surface area contributed by atoms with E-state index < -0.39 is 0 Å². The van der Waals surface area contributed by atoms with Gasteiger partial charge in [0.25, 0.3) is 0 Å². The second kappa shape index (κ2) is 5.63. The van der Waals surface area contributed by atoms with E-state index in [0.717, 1.165) is 21.5 Å². The van der Waals surface area contributed by atoms with Crippen LogP contribution in [0.4, 0.5) is 5.69 Å². The topological polar surface area (TPSA) is 46.2 Å². The van der Waals surface area contributed by atoms with Crippen LogP contribution in [-0.4, -0.2) is 17.0 Å². The molecule has 0 amide bonds. The van der Waals surface area contributed by atoms with Crippen LogP contribution in [0.2, 0.25) is 0 Å². The molecule has 0 aliphatic heterocycles. The van der Waals surface area contributed by atoms with Gasteiger partial charge >= 0.3 is 0 Å². The molecule has 14 heavy (non-hydrogen) atoms. The zero-order chi connectivity index (χ0) is 10.6. The molecule has 0 saturated heterocycles. The number of thioether (sulfide) groups is 1. The predicted molar refractivity (Wildman–Crippen MR) is 65.6 cm³/mol. The molecule has 78 valence electrons. The minimum absolute atomic E-state index is 0.224. The molecule has 0 aromatic heterocycles. The van der Waals surface area contributed by atoms with E-state index in [1.165, 1.54) is 0 Å². The van der Waals surface area contributed by atoms with E-state index >= 15 is 0 Å². The molecule has 1 atom stereocenters. The summed E-state index contributed by atoms with van der Waals surface area (Å²) in [5.74, 6) is 0. The Morgan fingerprint density at radius 1 is 1.57 bits per heavy atom. The Hall–Kier alpha value is -0.190. The van der Waals surface area contributed by atoms with Crippen molar-refractivity contribution >= 4 is 33.4 Å². The fourth-order valence-corrected chi connectivity index (χ4v) is 2.64. The third kappa shape index (κ3) is 3.52. The lowest BCUT2D eigenvalue weighted by molar-refractivity contribution is 0.289. The summed E-state index contributed by atoms with van der Waals surface area (Å²) in [6.07, 6.45) is 0.788. The van der Waals surface area contributed by atoms with Crippen LogP contribution in [0.3, 0.4) is 0 Å². The fraction of sp³-hybridized carbons (Fsp3) is 0.400. The molecule has 0 heterocycles. The van der Waals surface area contributed by atoms with E-state index in [1.54, 1.807) is 11.8 Å². The third-order valence-electron chi connectivity index (χ3n) is 1.84. The number of hydrogen-bond donors (Lipinski definition) is 2. The molecule has 0 bridgehead atoms. The smallest absolute Gasteiger partial charge is 0.0453 e. The van der Waals surface area contributed by atoms with Crippen LogP contribution in [0.15, 0.2) is 27.6 Å². The van der Waals surface area contributed by atoms with Gasteiger partial charge in [0.05, 0.1) is 0 Å². The van der Waals surface area contributed by atoms with Crippen LogP contribution >= 0.6 is 27.7 Å². The Labute approximate surface area is 97.0 Å². The summed E-state index contributed by atoms with van der Waals surface area (Å²) in [5.41, 5.74) is 6.62. The average Bonchev–Trinajstić information content (AvgIpc) is 2.12. The first-order chi connectivity index (χ1) is 6.63. The maximum Gasteiger partial charge on any atom is 0.0453 e. The fourth-order valence-electron chi connectivity index (χ4n) is 1.07. The molecule has 3 N–H and O–H groups in total. The standard InChI is InChI=1S/C10H14BrNOS/c1-7(4-5-13)14-10-6-8(11)2-3-9(10)12/h2-3,6-7,13H,4-5,12H2,1H3. The summed E-state index contributed by atoms with van der Waals surface area (Å²) < 4.78 is 1.03. The SMILES string of the molecule is CC(CCO)Sc1cc(Br)ccc1N. The van der Waals surface area contributed by atoms with Gasteiger partial charge in [0.1, 0.15) is 0 Å². The lowest BCUT2D eigenvalue weighted by Crippen LogP contribution is -2.00. The van der Waals surface area contributed by atoms with E-state index in [9.17, 15) is 0 Å². The molecular formula is C10H14BrNOS. The number of rotatable bonds is 4. The van der Waals surface area contributed by atoms with Crippen molar-refractivity contribution in [2.45, 2.75) is 23.5 Å². The molecule has 0 fully saturated rings. The molecule has 0 spiro atoms. The second-order valence-electron chi connectivity index (χ2n) is 3.12. The number of hydrogen-bond acceptors (Lipinski definition) is 3. The molecule has 2 nitrogen and oxygen atoms in total. The van der Waals surface area contributed by atoms with Crippen molar-refractivity contribution in [2.24, 2.45) is 0 Å². The zero-order valence-electron chi connectivity index (χ0n) is 8.03. The number of nitrogens with two attached hydrogens (primary N) is 1. The lowest BCUT2D eigenvalue weighted by Gasteiger charge is -2.11. The largest absolute Gasteiger partial charge is 0.398 e. The quantitative estimate of drug-likeness (QED) is 0.656. The van der Waals surface area contributed by atoms with E-state index in [-0.39, 0.29) is 6.61 Å². The van der Waals surface area contributed by atoms with Crippen molar-refractivity contribution in [2.75, 3.05) is 12.3 Å². The molecule has 1 aromatic rings. The molecule has 4 heteroatoms. The number of halogens is 1. The summed E-state index contributed by atoms with van der Waals surface area (Å²) in [7, 11) is 0. The maximum absolute atomic E-state index is 8.78. The van der Waals surface area contributed by atoms with Crippen molar-refractivity contribution in [1.29, 1.82) is 0 Å². The third-order valence-corrected chi connectivity index (χ3v) is 3.58. The molecule has 1 unspecified atom stereocenters. The van der Waals surface area contributed by atoms with E-state index in [2.05, 4.69) is 22.9 Å². The van der Waals surface area contributed by atoms with Crippen molar-refractivity contribution < 1.29 is 5.11 Å². The minimum Gasteiger partial charge on any atom is -0.398 e. The van der Waals surface area contributed by atoms with Gasteiger partial charge in [0.2, 0.25) is 0 Å². The first-order valence-corrected chi connectivity index (χ1v) is 6.13. The number of aliphatic hydroxyl groups is 1. The van der Waals surface area contributed by atoms with Gasteiger partial charge in [-0.25, -0.2) is 0 Å². The van der Waals surface area contributed by atoms with Gasteiger partial charge in [0.15, 0.2) is 0 Å². The van der Waals surface area contributed by atoms with Gasteiger partial charge in [-0.3, -0.25) is 0 Å². The Bertz CT molecular complexity index is 306. The molecule has 0 aliphatic carbocycles. The number of nitrogen functional groups attached to an aromatic ring is 1. The first-order valence-electron chi connectivity index (χ1n) is 4.46. The summed E-state index contributed by atoms with van der Waals surface area (Å²) in [6.45, 7) is 2.31. The number of anilines is 1. The van der Waals surface area contributed by atoms with Crippen LogP contribution in [0.25, 0.3) is 0 Å². The van der Waals surface area contributed by atoms with Gasteiger partial charge in [0, 0.05) is 26.9 Å². The van der Waals surface area contributed by atoms with Crippen molar-refractivity contribution in [3.63, 3.8) is 0 Å². The van der Waals surface area contributed by atoms with Crippen LogP contribution in [0.5, 0.6) is 0 Å². The molecule has 0 aliphatic rings. The van der Waals surface area contributed by atoms with E-state index in [0.29, 0.717) is 5.25 Å². The molecule has 1 aromatic carbocycles. The maximum atomic E-state index is 8.78. The summed E-state index contributed by atoms with van der Waals surface area (Å²) in [5, 5.41) is 9.17. The molecule has 0 saturated carbocycles. The normalized spacial score (nSPS) is 12.8. The monoisotopic (exact) mass is 275 g/mol. The van der Waals surface area contributed by atoms with Gasteiger partial charge in [-0.2, -0.15) is 0 Å². The molecule has 1 rings (SSSR count). The lowest BCUT2D eigenvalue weighted by atomic mass is 10.3. The van der Waals surface area contributed by atoms with E-state index in [1.807, 2.05) is 18.2 Å². The second-order valence-corrected chi connectivity index (χ2v) is 5.52. The highest BCUT2D eigenvalue weighted by molar-refractivity contribution is 9.10. The van der Waals surface area contributed by atoms with Crippen molar-refractivity contribution in [3.05, 3.63) is 22.7 Å². The highest BCUT2D eigenvalue weighted by Crippen LogP contribution is 2.32. The Morgan fingerprint density at radius 2 is 2.29 bits per heavy atom. The van der Waals surface area contributed by atoms with Gasteiger partial charge in [-0.1, -0.05) is 22.9 Å². The van der Waals surface area contributed by atoms with Crippen LogP contribution < -0.4 is 5.73 Å². The molecule has 0 radical (unpaired) electrons.